The lowest BCUT2D eigenvalue weighted by Crippen LogP contribution is -2.29. The van der Waals surface area contributed by atoms with E-state index in [9.17, 15) is 9.18 Å². The second-order valence-electron chi connectivity index (χ2n) is 4.50. The standard InChI is InChI=1S/C15H12FNOS/c16-11-6-5-10-7-8-17(13(10)9-11)15(18)12-3-1-2-4-14(12)19/h1-6,9,19H,7-8H2. The molecule has 19 heavy (non-hydrogen) atoms. The number of carbonyl (C=O) groups is 1. The average Bonchev–Trinajstić information content (AvgIpc) is 2.81. The Bertz CT molecular complexity index is 656. The molecule has 96 valence electrons. The SMILES string of the molecule is O=C(c1ccccc1S)N1CCc2ccc(F)cc21. The second kappa shape index (κ2) is 4.70. The van der Waals surface area contributed by atoms with Gasteiger partial charge in [-0.15, -0.1) is 12.6 Å². The highest BCUT2D eigenvalue weighted by Gasteiger charge is 2.26. The molecule has 1 heterocycles. The van der Waals surface area contributed by atoms with Crippen LogP contribution in [0.1, 0.15) is 15.9 Å². The van der Waals surface area contributed by atoms with E-state index >= 15 is 0 Å². The molecule has 2 aromatic carbocycles. The van der Waals surface area contributed by atoms with E-state index in [1.165, 1.54) is 12.1 Å². The number of fused-ring (bicyclic) bond motifs is 1. The Morgan fingerprint density at radius 2 is 2.00 bits per heavy atom. The first kappa shape index (κ1) is 12.2. The van der Waals surface area contributed by atoms with E-state index in [0.29, 0.717) is 22.7 Å². The highest BCUT2D eigenvalue weighted by molar-refractivity contribution is 7.80. The Labute approximate surface area is 116 Å². The van der Waals surface area contributed by atoms with Crippen molar-refractivity contribution in [1.29, 1.82) is 0 Å². The molecule has 0 radical (unpaired) electrons. The molecule has 0 saturated carbocycles. The van der Waals surface area contributed by atoms with Gasteiger partial charge in [0.25, 0.3) is 5.91 Å². The number of halogens is 1. The molecule has 0 bridgehead atoms. The normalized spacial score (nSPS) is 13.5. The Kier molecular flexibility index (Phi) is 3.03. The molecule has 0 saturated heterocycles. The minimum atomic E-state index is -0.322. The molecular formula is C15H12FNOS. The summed E-state index contributed by atoms with van der Waals surface area (Å²) in [7, 11) is 0. The molecule has 1 aliphatic rings. The van der Waals surface area contributed by atoms with Gasteiger partial charge in [0.2, 0.25) is 0 Å². The maximum absolute atomic E-state index is 13.3. The van der Waals surface area contributed by atoms with Crippen molar-refractivity contribution in [2.75, 3.05) is 11.4 Å². The van der Waals surface area contributed by atoms with Crippen molar-refractivity contribution in [3.8, 4) is 0 Å². The zero-order valence-corrected chi connectivity index (χ0v) is 11.0. The van der Waals surface area contributed by atoms with Crippen LogP contribution in [0.25, 0.3) is 0 Å². The molecule has 2 aromatic rings. The maximum atomic E-state index is 13.3. The van der Waals surface area contributed by atoms with E-state index in [1.807, 2.05) is 6.07 Å². The molecule has 0 aromatic heterocycles. The van der Waals surface area contributed by atoms with Gasteiger partial charge in [-0.1, -0.05) is 18.2 Å². The number of rotatable bonds is 1. The molecule has 2 nitrogen and oxygen atoms in total. The lowest BCUT2D eigenvalue weighted by molar-refractivity contribution is 0.0986. The number of nitrogens with zero attached hydrogens (tertiary/aromatic N) is 1. The van der Waals surface area contributed by atoms with Crippen molar-refractivity contribution >= 4 is 24.2 Å². The molecule has 0 unspecified atom stereocenters. The van der Waals surface area contributed by atoms with Crippen molar-refractivity contribution in [3.63, 3.8) is 0 Å². The predicted octanol–water partition coefficient (Wildman–Crippen LogP) is 3.32. The van der Waals surface area contributed by atoms with E-state index in [4.69, 9.17) is 0 Å². The topological polar surface area (TPSA) is 20.3 Å². The van der Waals surface area contributed by atoms with Gasteiger partial charge < -0.3 is 4.90 Å². The molecular weight excluding hydrogens is 261 g/mol. The Morgan fingerprint density at radius 1 is 1.21 bits per heavy atom. The lowest BCUT2D eigenvalue weighted by atomic mass is 10.1. The van der Waals surface area contributed by atoms with E-state index in [1.54, 1.807) is 29.2 Å². The maximum Gasteiger partial charge on any atom is 0.259 e. The zero-order chi connectivity index (χ0) is 13.4. The fourth-order valence-electron chi connectivity index (χ4n) is 2.36. The van der Waals surface area contributed by atoms with Gasteiger partial charge >= 0.3 is 0 Å². The Morgan fingerprint density at radius 3 is 2.79 bits per heavy atom. The highest BCUT2D eigenvalue weighted by atomic mass is 32.1. The second-order valence-corrected chi connectivity index (χ2v) is 4.98. The van der Waals surface area contributed by atoms with E-state index in [-0.39, 0.29) is 11.7 Å². The molecule has 0 spiro atoms. The van der Waals surface area contributed by atoms with Crippen molar-refractivity contribution in [2.24, 2.45) is 0 Å². The summed E-state index contributed by atoms with van der Waals surface area (Å²) in [5, 5.41) is 0. The van der Waals surface area contributed by atoms with Crippen LogP contribution in [0.4, 0.5) is 10.1 Å². The largest absolute Gasteiger partial charge is 0.308 e. The van der Waals surface area contributed by atoms with Crippen LogP contribution in [0.15, 0.2) is 47.4 Å². The van der Waals surface area contributed by atoms with Crippen LogP contribution in [-0.4, -0.2) is 12.5 Å². The fourth-order valence-corrected chi connectivity index (χ4v) is 2.62. The van der Waals surface area contributed by atoms with E-state index in [2.05, 4.69) is 12.6 Å². The summed E-state index contributed by atoms with van der Waals surface area (Å²) in [6.07, 6.45) is 0.760. The minimum absolute atomic E-state index is 0.130. The summed E-state index contributed by atoms with van der Waals surface area (Å²) in [6, 6.07) is 11.7. The van der Waals surface area contributed by atoms with Gasteiger partial charge in [-0.3, -0.25) is 4.79 Å². The quantitative estimate of drug-likeness (QED) is 0.790. The Hall–Kier alpha value is -1.81. The van der Waals surface area contributed by atoms with Crippen LogP contribution in [0.2, 0.25) is 0 Å². The number of carbonyl (C=O) groups excluding carboxylic acids is 1. The number of thiol groups is 1. The smallest absolute Gasteiger partial charge is 0.259 e. The molecule has 1 aliphatic heterocycles. The first-order valence-electron chi connectivity index (χ1n) is 6.05. The number of benzene rings is 2. The van der Waals surface area contributed by atoms with Gasteiger partial charge in [-0.2, -0.15) is 0 Å². The monoisotopic (exact) mass is 273 g/mol. The van der Waals surface area contributed by atoms with Crippen molar-refractivity contribution in [3.05, 3.63) is 59.4 Å². The minimum Gasteiger partial charge on any atom is -0.308 e. The molecule has 0 N–H and O–H groups in total. The van der Waals surface area contributed by atoms with Crippen LogP contribution >= 0.6 is 12.6 Å². The third kappa shape index (κ3) is 2.12. The van der Waals surface area contributed by atoms with Crippen LogP contribution in [0.5, 0.6) is 0 Å². The van der Waals surface area contributed by atoms with Crippen LogP contribution in [0, 0.1) is 5.82 Å². The van der Waals surface area contributed by atoms with Crippen LogP contribution in [-0.2, 0) is 6.42 Å². The van der Waals surface area contributed by atoms with Gasteiger partial charge in [0.05, 0.1) is 11.3 Å². The summed E-state index contributed by atoms with van der Waals surface area (Å²) in [5.41, 5.74) is 2.22. The van der Waals surface area contributed by atoms with Crippen LogP contribution in [0.3, 0.4) is 0 Å². The molecule has 0 atom stereocenters. The van der Waals surface area contributed by atoms with Gasteiger partial charge in [0, 0.05) is 11.4 Å². The summed E-state index contributed by atoms with van der Waals surface area (Å²) >= 11 is 4.30. The lowest BCUT2D eigenvalue weighted by Gasteiger charge is -2.18. The third-order valence-electron chi connectivity index (χ3n) is 3.32. The van der Waals surface area contributed by atoms with Gasteiger partial charge in [-0.25, -0.2) is 4.39 Å². The summed E-state index contributed by atoms with van der Waals surface area (Å²) in [4.78, 5) is 14.8. The van der Waals surface area contributed by atoms with Crippen molar-refractivity contribution in [2.45, 2.75) is 11.3 Å². The first-order valence-corrected chi connectivity index (χ1v) is 6.50. The Balaban J connectivity index is 2.00. The summed E-state index contributed by atoms with van der Waals surface area (Å²) in [5.74, 6) is -0.451. The third-order valence-corrected chi connectivity index (χ3v) is 3.71. The van der Waals surface area contributed by atoms with Crippen molar-refractivity contribution < 1.29 is 9.18 Å². The molecule has 1 amide bonds. The number of hydrogen-bond acceptors (Lipinski definition) is 2. The van der Waals surface area contributed by atoms with Gasteiger partial charge in [0.1, 0.15) is 5.82 Å². The van der Waals surface area contributed by atoms with E-state index < -0.39 is 0 Å². The molecule has 3 rings (SSSR count). The predicted molar refractivity (Wildman–Crippen MR) is 75.5 cm³/mol. The van der Waals surface area contributed by atoms with E-state index in [0.717, 1.165) is 12.0 Å². The van der Waals surface area contributed by atoms with Gasteiger partial charge in [-0.05, 0) is 36.2 Å². The molecule has 4 heteroatoms. The highest BCUT2D eigenvalue weighted by Crippen LogP contribution is 2.30. The number of anilines is 1. The summed E-state index contributed by atoms with van der Waals surface area (Å²) < 4.78 is 13.3. The first-order chi connectivity index (χ1) is 9.16. The number of amides is 1. The average molecular weight is 273 g/mol. The molecule has 0 fully saturated rings. The molecule has 0 aliphatic carbocycles. The number of hydrogen-bond donors (Lipinski definition) is 1. The summed E-state index contributed by atoms with van der Waals surface area (Å²) in [6.45, 7) is 0.583. The fraction of sp³-hybridized carbons (Fsp3) is 0.133. The van der Waals surface area contributed by atoms with Gasteiger partial charge in [0.15, 0.2) is 0 Å². The zero-order valence-electron chi connectivity index (χ0n) is 10.1. The van der Waals surface area contributed by atoms with Crippen LogP contribution < -0.4 is 4.90 Å². The van der Waals surface area contributed by atoms with Crippen molar-refractivity contribution in [1.82, 2.24) is 0 Å².